The Labute approximate surface area is 174 Å². The Morgan fingerprint density at radius 2 is 2.12 bits per heavy atom. The maximum absolute atomic E-state index is 11.5. The number of hydrogen-bond donors (Lipinski definition) is 2. The Bertz CT molecular complexity index is 708. The molecule has 0 bridgehead atoms. The monoisotopic (exact) mass is 495 g/mol. The number of aliphatic imine (C=N–C) groups is 1. The van der Waals surface area contributed by atoms with Crippen molar-refractivity contribution in [2.24, 2.45) is 10.9 Å². The number of nitrogens with zero attached hydrogens (tertiary/aromatic N) is 1. The van der Waals surface area contributed by atoms with E-state index in [2.05, 4.69) is 33.8 Å². The van der Waals surface area contributed by atoms with Crippen molar-refractivity contribution >= 4 is 39.8 Å². The van der Waals surface area contributed by atoms with E-state index in [-0.39, 0.29) is 35.6 Å². The van der Waals surface area contributed by atoms with Crippen LogP contribution in [0, 0.1) is 12.8 Å². The van der Waals surface area contributed by atoms with Crippen LogP contribution in [0.1, 0.15) is 24.5 Å². The molecule has 0 spiro atoms. The highest BCUT2D eigenvalue weighted by molar-refractivity contribution is 14.0. The first-order valence-corrected chi connectivity index (χ1v) is 10.6. The van der Waals surface area contributed by atoms with E-state index in [0.717, 1.165) is 36.8 Å². The van der Waals surface area contributed by atoms with Crippen molar-refractivity contribution in [2.75, 3.05) is 38.2 Å². The smallest absolute Gasteiger partial charge is 0.191 e. The van der Waals surface area contributed by atoms with Gasteiger partial charge in [0.05, 0.1) is 18.6 Å². The minimum atomic E-state index is -2.84. The number of aryl methyl sites for hydroxylation is 1. The average molecular weight is 495 g/mol. The summed E-state index contributed by atoms with van der Waals surface area (Å²) < 4.78 is 28.4. The second kappa shape index (κ2) is 11.0. The molecule has 1 unspecified atom stereocenters. The van der Waals surface area contributed by atoms with Crippen LogP contribution in [-0.2, 0) is 16.3 Å². The molecule has 0 aromatic heterocycles. The molecule has 1 atom stereocenters. The Hall–Kier alpha value is -1.03. The molecular formula is C18H30IN3O3S. The van der Waals surface area contributed by atoms with Crippen LogP contribution in [0.5, 0.6) is 5.75 Å². The summed E-state index contributed by atoms with van der Waals surface area (Å²) in [4.78, 5) is 4.55. The zero-order chi connectivity index (χ0) is 18.3. The molecule has 2 rings (SSSR count). The van der Waals surface area contributed by atoms with Gasteiger partial charge in [-0.3, -0.25) is 4.99 Å². The quantitative estimate of drug-likeness (QED) is 0.345. The molecule has 1 aliphatic heterocycles. The fourth-order valence-corrected chi connectivity index (χ4v) is 4.77. The number of halogens is 1. The third kappa shape index (κ3) is 7.30. The highest BCUT2D eigenvalue weighted by Gasteiger charge is 2.27. The minimum absolute atomic E-state index is 0. The van der Waals surface area contributed by atoms with Gasteiger partial charge in [-0.2, -0.15) is 0 Å². The van der Waals surface area contributed by atoms with E-state index in [9.17, 15) is 8.42 Å². The lowest BCUT2D eigenvalue weighted by Crippen LogP contribution is -2.38. The van der Waals surface area contributed by atoms with Gasteiger partial charge < -0.3 is 15.4 Å². The van der Waals surface area contributed by atoms with Gasteiger partial charge in [-0.25, -0.2) is 8.42 Å². The Kier molecular flexibility index (Phi) is 9.70. The Morgan fingerprint density at radius 1 is 1.35 bits per heavy atom. The van der Waals surface area contributed by atoms with E-state index in [1.165, 1.54) is 5.56 Å². The summed E-state index contributed by atoms with van der Waals surface area (Å²) in [6, 6.07) is 6.23. The summed E-state index contributed by atoms with van der Waals surface area (Å²) in [5, 5.41) is 6.52. The van der Waals surface area contributed by atoms with Crippen LogP contribution in [0.4, 0.5) is 0 Å². The van der Waals surface area contributed by atoms with Gasteiger partial charge in [0.15, 0.2) is 15.8 Å². The van der Waals surface area contributed by atoms with Crippen molar-refractivity contribution in [1.29, 1.82) is 0 Å². The van der Waals surface area contributed by atoms with Gasteiger partial charge in [-0.15, -0.1) is 24.0 Å². The van der Waals surface area contributed by atoms with Crippen molar-refractivity contribution < 1.29 is 13.2 Å². The lowest BCUT2D eigenvalue weighted by Gasteiger charge is -2.13. The second-order valence-corrected chi connectivity index (χ2v) is 8.70. The van der Waals surface area contributed by atoms with Crippen LogP contribution in [0.3, 0.4) is 0 Å². The lowest BCUT2D eigenvalue weighted by molar-refractivity contribution is 0.411. The number of sulfone groups is 1. The number of benzene rings is 1. The van der Waals surface area contributed by atoms with E-state index < -0.39 is 9.84 Å². The van der Waals surface area contributed by atoms with Crippen LogP contribution in [0.15, 0.2) is 23.2 Å². The predicted octanol–water partition coefficient (Wildman–Crippen LogP) is 2.15. The molecule has 0 radical (unpaired) electrons. The molecule has 1 aliphatic rings. The molecule has 26 heavy (non-hydrogen) atoms. The van der Waals surface area contributed by atoms with Crippen molar-refractivity contribution in [2.45, 2.75) is 26.7 Å². The first kappa shape index (κ1) is 23.0. The fraction of sp³-hybridized carbons (Fsp3) is 0.611. The molecule has 2 N–H and O–H groups in total. The van der Waals surface area contributed by atoms with Crippen molar-refractivity contribution in [1.82, 2.24) is 10.6 Å². The highest BCUT2D eigenvalue weighted by Crippen LogP contribution is 2.19. The normalized spacial score (nSPS) is 18.9. The van der Waals surface area contributed by atoms with E-state index in [0.29, 0.717) is 18.7 Å². The second-order valence-electron chi connectivity index (χ2n) is 6.47. The molecule has 148 valence electrons. The highest BCUT2D eigenvalue weighted by atomic mass is 127. The number of ether oxygens (including phenoxy) is 1. The minimum Gasteiger partial charge on any atom is -0.496 e. The third-order valence-electron chi connectivity index (χ3n) is 4.36. The van der Waals surface area contributed by atoms with Crippen molar-refractivity contribution in [3.63, 3.8) is 0 Å². The molecule has 1 aromatic rings. The maximum Gasteiger partial charge on any atom is 0.191 e. The zero-order valence-corrected chi connectivity index (χ0v) is 18.9. The van der Waals surface area contributed by atoms with Crippen LogP contribution in [0.2, 0.25) is 0 Å². The van der Waals surface area contributed by atoms with Crippen molar-refractivity contribution in [3.05, 3.63) is 29.3 Å². The van der Waals surface area contributed by atoms with Gasteiger partial charge in [0.2, 0.25) is 0 Å². The SMILES string of the molecule is CCNC(=NCC1CCS(=O)(=O)C1)NCCc1ccc(C)c(OC)c1.I. The van der Waals surface area contributed by atoms with E-state index in [4.69, 9.17) is 4.74 Å². The number of rotatable bonds is 7. The molecule has 1 saturated heterocycles. The van der Waals surface area contributed by atoms with Crippen LogP contribution in [0.25, 0.3) is 0 Å². The summed E-state index contributed by atoms with van der Waals surface area (Å²) in [6.07, 6.45) is 1.58. The van der Waals surface area contributed by atoms with Crippen LogP contribution in [-0.4, -0.2) is 52.6 Å². The molecule has 1 fully saturated rings. The molecule has 6 nitrogen and oxygen atoms in total. The third-order valence-corrected chi connectivity index (χ3v) is 6.19. The van der Waals surface area contributed by atoms with Crippen LogP contribution >= 0.6 is 24.0 Å². The van der Waals surface area contributed by atoms with Gasteiger partial charge in [0.25, 0.3) is 0 Å². The lowest BCUT2D eigenvalue weighted by atomic mass is 10.1. The summed E-state index contributed by atoms with van der Waals surface area (Å²) in [6.45, 7) is 6.11. The van der Waals surface area contributed by atoms with E-state index >= 15 is 0 Å². The Balaban J connectivity index is 0.00000338. The molecule has 0 aliphatic carbocycles. The van der Waals surface area contributed by atoms with Gasteiger partial charge >= 0.3 is 0 Å². The standard InChI is InChI=1S/C18H29N3O3S.HI/c1-4-19-18(21-12-16-8-10-25(22,23)13-16)20-9-7-15-6-5-14(2)17(11-15)24-3;/h5-6,11,16H,4,7-10,12-13H2,1-3H3,(H2,19,20,21);1H. The van der Waals surface area contributed by atoms with Crippen molar-refractivity contribution in [3.8, 4) is 5.75 Å². The molecular weight excluding hydrogens is 465 g/mol. The van der Waals surface area contributed by atoms with E-state index in [1.54, 1.807) is 7.11 Å². The number of hydrogen-bond acceptors (Lipinski definition) is 4. The molecule has 0 saturated carbocycles. The van der Waals surface area contributed by atoms with Gasteiger partial charge in [-0.05, 0) is 49.8 Å². The number of guanidine groups is 1. The number of nitrogens with one attached hydrogen (secondary N) is 2. The van der Waals surface area contributed by atoms with Gasteiger partial charge in [-0.1, -0.05) is 12.1 Å². The van der Waals surface area contributed by atoms with Gasteiger partial charge in [0, 0.05) is 19.6 Å². The molecule has 1 aromatic carbocycles. The number of methoxy groups -OCH3 is 1. The Morgan fingerprint density at radius 3 is 2.73 bits per heavy atom. The summed E-state index contributed by atoms with van der Waals surface area (Å²) >= 11 is 0. The average Bonchev–Trinajstić information content (AvgIpc) is 2.93. The fourth-order valence-electron chi connectivity index (χ4n) is 2.92. The summed E-state index contributed by atoms with van der Waals surface area (Å²) in [5.41, 5.74) is 2.33. The summed E-state index contributed by atoms with van der Waals surface area (Å²) in [7, 11) is -1.16. The van der Waals surface area contributed by atoms with Gasteiger partial charge in [0.1, 0.15) is 5.75 Å². The predicted molar refractivity (Wildman–Crippen MR) is 118 cm³/mol. The van der Waals surface area contributed by atoms with Crippen LogP contribution < -0.4 is 15.4 Å². The first-order chi connectivity index (χ1) is 11.9. The molecule has 8 heteroatoms. The molecule has 1 heterocycles. The largest absolute Gasteiger partial charge is 0.496 e. The molecule has 0 amide bonds. The topological polar surface area (TPSA) is 79.8 Å². The summed E-state index contributed by atoms with van der Waals surface area (Å²) in [5.74, 6) is 2.35. The first-order valence-electron chi connectivity index (χ1n) is 8.79. The zero-order valence-electron chi connectivity index (χ0n) is 15.7. The maximum atomic E-state index is 11.5. The van der Waals surface area contributed by atoms with E-state index in [1.807, 2.05) is 13.8 Å².